The van der Waals surface area contributed by atoms with E-state index in [4.69, 9.17) is 5.73 Å². The molecule has 0 aromatic heterocycles. The van der Waals surface area contributed by atoms with Crippen LogP contribution in [0.1, 0.15) is 32.6 Å². The number of hydrogen-bond acceptors (Lipinski definition) is 1. The molecule has 3 heteroatoms. The van der Waals surface area contributed by atoms with Crippen LogP contribution in [0.3, 0.4) is 0 Å². The minimum Gasteiger partial charge on any atom is -1.00 e. The maximum absolute atomic E-state index is 5.48. The molecule has 0 heterocycles. The molecule has 0 aliphatic rings. The average Bonchev–Trinajstić information content (AvgIpc) is 2.01. The van der Waals surface area contributed by atoms with Crippen LogP contribution in [0.15, 0.2) is 0 Å². The van der Waals surface area contributed by atoms with Crippen molar-refractivity contribution < 1.29 is 16.9 Å². The fraction of sp³-hybridized carbons (Fsp3) is 1.00. The minimum absolute atomic E-state index is 0. The largest absolute Gasteiger partial charge is 1.00 e. The standard InChI is InChI=1S/C10H25N2.ClH/c1-4-5-6-9-12(2,3)10-7-8-11;/h4-11H2,1-3H3;1H/q+1;/p-1. The van der Waals surface area contributed by atoms with Crippen LogP contribution in [0.5, 0.6) is 0 Å². The zero-order valence-electron chi connectivity index (χ0n) is 9.35. The van der Waals surface area contributed by atoms with Crippen molar-refractivity contribution in [3.8, 4) is 0 Å². The Bertz CT molecular complexity index is 105. The smallest absolute Gasteiger partial charge is 0.0794 e. The van der Waals surface area contributed by atoms with Crippen LogP contribution in [0.25, 0.3) is 0 Å². The first kappa shape index (κ1) is 15.7. The molecule has 82 valence electrons. The SMILES string of the molecule is CCCCC[N+](C)(C)CCCN.[Cl-]. The molecule has 0 spiro atoms. The molecule has 0 bridgehead atoms. The van der Waals surface area contributed by atoms with Gasteiger partial charge in [-0.25, -0.2) is 0 Å². The van der Waals surface area contributed by atoms with Crippen molar-refractivity contribution in [3.63, 3.8) is 0 Å². The molecule has 0 aliphatic carbocycles. The highest BCUT2D eigenvalue weighted by Gasteiger charge is 2.12. The van der Waals surface area contributed by atoms with Gasteiger partial charge in [-0.05, 0) is 19.4 Å². The van der Waals surface area contributed by atoms with Gasteiger partial charge < -0.3 is 22.6 Å². The first-order chi connectivity index (χ1) is 5.62. The fourth-order valence-electron chi connectivity index (χ4n) is 1.42. The quantitative estimate of drug-likeness (QED) is 0.405. The molecular formula is C10H25ClN2. The first-order valence-electron chi connectivity index (χ1n) is 5.14. The molecule has 2 N–H and O–H groups in total. The Balaban J connectivity index is 0. The Labute approximate surface area is 89.5 Å². The summed E-state index contributed by atoms with van der Waals surface area (Å²) in [7, 11) is 4.59. The predicted octanol–water partition coefficient (Wildman–Crippen LogP) is -1.39. The molecule has 0 amide bonds. The van der Waals surface area contributed by atoms with Gasteiger partial charge in [0.25, 0.3) is 0 Å². The number of nitrogens with two attached hydrogens (primary N) is 1. The van der Waals surface area contributed by atoms with E-state index in [1.807, 2.05) is 0 Å². The summed E-state index contributed by atoms with van der Waals surface area (Å²) in [5, 5.41) is 0. The van der Waals surface area contributed by atoms with E-state index in [1.54, 1.807) is 0 Å². The van der Waals surface area contributed by atoms with Gasteiger partial charge in [-0.1, -0.05) is 13.3 Å². The number of hydrogen-bond donors (Lipinski definition) is 1. The van der Waals surface area contributed by atoms with Crippen LogP contribution in [0.4, 0.5) is 0 Å². The molecule has 0 unspecified atom stereocenters. The summed E-state index contributed by atoms with van der Waals surface area (Å²) < 4.78 is 1.14. The normalized spacial score (nSPS) is 11.1. The lowest BCUT2D eigenvalue weighted by molar-refractivity contribution is -0.890. The van der Waals surface area contributed by atoms with Crippen molar-refractivity contribution in [2.45, 2.75) is 32.6 Å². The zero-order chi connectivity index (χ0) is 9.45. The Morgan fingerprint density at radius 2 is 1.54 bits per heavy atom. The lowest BCUT2D eigenvalue weighted by Gasteiger charge is -2.29. The minimum atomic E-state index is 0. The molecule has 0 fully saturated rings. The van der Waals surface area contributed by atoms with Gasteiger partial charge in [0.05, 0.1) is 27.2 Å². The van der Waals surface area contributed by atoms with Gasteiger partial charge in [-0.15, -0.1) is 0 Å². The molecule has 0 aromatic carbocycles. The lowest BCUT2D eigenvalue weighted by Crippen LogP contribution is -3.00. The summed E-state index contributed by atoms with van der Waals surface area (Å²) in [6.07, 6.45) is 5.19. The molecule has 0 radical (unpaired) electrons. The van der Waals surface area contributed by atoms with Crippen molar-refractivity contribution in [2.24, 2.45) is 5.73 Å². The van der Waals surface area contributed by atoms with Crippen molar-refractivity contribution in [3.05, 3.63) is 0 Å². The zero-order valence-corrected chi connectivity index (χ0v) is 10.1. The van der Waals surface area contributed by atoms with E-state index >= 15 is 0 Å². The number of quaternary nitrogens is 1. The Kier molecular flexibility index (Phi) is 10.6. The number of rotatable bonds is 7. The Morgan fingerprint density at radius 3 is 2.00 bits per heavy atom. The van der Waals surface area contributed by atoms with Gasteiger partial charge in [0.2, 0.25) is 0 Å². The fourth-order valence-corrected chi connectivity index (χ4v) is 1.42. The molecule has 0 saturated heterocycles. The van der Waals surface area contributed by atoms with E-state index in [0.717, 1.165) is 17.4 Å². The van der Waals surface area contributed by atoms with Gasteiger partial charge in [-0.3, -0.25) is 0 Å². The summed E-state index contributed by atoms with van der Waals surface area (Å²) in [6.45, 7) is 5.60. The number of halogens is 1. The number of unbranched alkanes of at least 4 members (excludes halogenated alkanes) is 2. The third-order valence-corrected chi connectivity index (χ3v) is 2.33. The molecule has 13 heavy (non-hydrogen) atoms. The third-order valence-electron chi connectivity index (χ3n) is 2.33. The van der Waals surface area contributed by atoms with E-state index in [0.29, 0.717) is 0 Å². The van der Waals surface area contributed by atoms with Gasteiger partial charge >= 0.3 is 0 Å². The van der Waals surface area contributed by atoms with E-state index < -0.39 is 0 Å². The molecule has 2 nitrogen and oxygen atoms in total. The summed E-state index contributed by atoms with van der Waals surface area (Å²) >= 11 is 0. The van der Waals surface area contributed by atoms with Crippen LogP contribution < -0.4 is 18.1 Å². The molecule has 0 saturated carbocycles. The highest BCUT2D eigenvalue weighted by Crippen LogP contribution is 2.04. The Morgan fingerprint density at radius 1 is 1.00 bits per heavy atom. The lowest BCUT2D eigenvalue weighted by atomic mass is 10.2. The maximum atomic E-state index is 5.48. The molecule has 0 aliphatic heterocycles. The van der Waals surface area contributed by atoms with E-state index in [2.05, 4.69) is 21.0 Å². The summed E-state index contributed by atoms with van der Waals surface area (Å²) in [5.41, 5.74) is 5.48. The van der Waals surface area contributed by atoms with Gasteiger partial charge in [0.15, 0.2) is 0 Å². The van der Waals surface area contributed by atoms with Crippen molar-refractivity contribution in [1.82, 2.24) is 0 Å². The Hall–Kier alpha value is 0.210. The summed E-state index contributed by atoms with van der Waals surface area (Å²) in [4.78, 5) is 0. The highest BCUT2D eigenvalue weighted by molar-refractivity contribution is 4.41. The second-order valence-electron chi connectivity index (χ2n) is 4.23. The monoisotopic (exact) mass is 208 g/mol. The van der Waals surface area contributed by atoms with Gasteiger partial charge in [0.1, 0.15) is 0 Å². The highest BCUT2D eigenvalue weighted by atomic mass is 35.5. The van der Waals surface area contributed by atoms with Crippen LogP contribution >= 0.6 is 0 Å². The predicted molar refractivity (Wildman–Crippen MR) is 55.0 cm³/mol. The van der Waals surface area contributed by atoms with Crippen LogP contribution in [0, 0.1) is 0 Å². The second-order valence-corrected chi connectivity index (χ2v) is 4.23. The average molecular weight is 209 g/mol. The van der Waals surface area contributed by atoms with Gasteiger partial charge in [-0.2, -0.15) is 0 Å². The maximum Gasteiger partial charge on any atom is 0.0794 e. The summed E-state index contributed by atoms with van der Waals surface area (Å²) in [5.74, 6) is 0. The van der Waals surface area contributed by atoms with E-state index in [1.165, 1.54) is 32.4 Å². The van der Waals surface area contributed by atoms with E-state index in [9.17, 15) is 0 Å². The molecule has 0 aromatic rings. The van der Waals surface area contributed by atoms with Crippen molar-refractivity contribution in [1.29, 1.82) is 0 Å². The third kappa shape index (κ3) is 10.1. The summed E-state index contributed by atoms with van der Waals surface area (Å²) in [6, 6.07) is 0. The second kappa shape index (κ2) is 8.79. The van der Waals surface area contributed by atoms with Crippen LogP contribution in [0.2, 0.25) is 0 Å². The van der Waals surface area contributed by atoms with Crippen LogP contribution in [-0.4, -0.2) is 38.2 Å². The topological polar surface area (TPSA) is 26.0 Å². The molecular weight excluding hydrogens is 184 g/mol. The molecule has 0 rings (SSSR count). The van der Waals surface area contributed by atoms with Crippen LogP contribution in [-0.2, 0) is 0 Å². The molecule has 0 atom stereocenters. The van der Waals surface area contributed by atoms with Gasteiger partial charge in [0, 0.05) is 6.42 Å². The number of nitrogens with zero attached hydrogens (tertiary/aromatic N) is 1. The van der Waals surface area contributed by atoms with Crippen molar-refractivity contribution >= 4 is 0 Å². The van der Waals surface area contributed by atoms with E-state index in [-0.39, 0.29) is 12.4 Å². The van der Waals surface area contributed by atoms with Crippen molar-refractivity contribution in [2.75, 3.05) is 33.7 Å². The first-order valence-corrected chi connectivity index (χ1v) is 5.14.